The lowest BCUT2D eigenvalue weighted by molar-refractivity contribution is -0.137. The maximum absolute atomic E-state index is 12.7. The Kier molecular flexibility index (Phi) is 4.52. The second kappa shape index (κ2) is 6.02. The lowest BCUT2D eigenvalue weighted by atomic mass is 10.1. The standard InChI is InChI=1S/C12H9BrF3N3OS/c1-17-8-3-2-6(12(14,15)16)4-7(8)10(20)19-11-18-5-9(13)21-11/h2-5,17H,1H3,(H,18,19,20). The average molecular weight is 380 g/mol. The summed E-state index contributed by atoms with van der Waals surface area (Å²) < 4.78 is 38.9. The molecule has 0 aliphatic rings. The van der Waals surface area contributed by atoms with Gasteiger partial charge in [0.05, 0.1) is 21.1 Å². The molecule has 1 aromatic carbocycles. The number of benzene rings is 1. The number of nitrogens with zero attached hydrogens (tertiary/aromatic N) is 1. The van der Waals surface area contributed by atoms with Crippen LogP contribution in [0.15, 0.2) is 28.2 Å². The molecular weight excluding hydrogens is 371 g/mol. The van der Waals surface area contributed by atoms with Crippen molar-refractivity contribution >= 4 is 44.0 Å². The van der Waals surface area contributed by atoms with Crippen LogP contribution in [0.2, 0.25) is 0 Å². The first kappa shape index (κ1) is 15.8. The predicted octanol–water partition coefficient (Wildman–Crippen LogP) is 4.22. The highest BCUT2D eigenvalue weighted by molar-refractivity contribution is 9.11. The van der Waals surface area contributed by atoms with E-state index in [4.69, 9.17) is 0 Å². The molecule has 2 rings (SSSR count). The predicted molar refractivity (Wildman–Crippen MR) is 78.8 cm³/mol. The topological polar surface area (TPSA) is 54.0 Å². The summed E-state index contributed by atoms with van der Waals surface area (Å²) in [6.45, 7) is 0. The minimum atomic E-state index is -4.51. The molecule has 0 saturated heterocycles. The largest absolute Gasteiger partial charge is 0.416 e. The van der Waals surface area contributed by atoms with E-state index in [1.165, 1.54) is 19.3 Å². The summed E-state index contributed by atoms with van der Waals surface area (Å²) in [5.41, 5.74) is -0.679. The van der Waals surface area contributed by atoms with Gasteiger partial charge in [0.1, 0.15) is 0 Å². The van der Waals surface area contributed by atoms with Crippen molar-refractivity contribution in [3.8, 4) is 0 Å². The number of aromatic nitrogens is 1. The van der Waals surface area contributed by atoms with Gasteiger partial charge in [-0.2, -0.15) is 13.2 Å². The summed E-state index contributed by atoms with van der Waals surface area (Å²) in [5.74, 6) is -0.660. The molecule has 0 bridgehead atoms. The van der Waals surface area contributed by atoms with Gasteiger partial charge < -0.3 is 5.32 Å². The van der Waals surface area contributed by atoms with Crippen LogP contribution in [0, 0.1) is 0 Å². The van der Waals surface area contributed by atoms with E-state index in [2.05, 4.69) is 31.5 Å². The molecule has 1 amide bonds. The normalized spacial score (nSPS) is 11.3. The molecule has 112 valence electrons. The Balaban J connectivity index is 2.34. The molecule has 9 heteroatoms. The molecule has 1 heterocycles. The number of amides is 1. The van der Waals surface area contributed by atoms with Crippen LogP contribution in [0.3, 0.4) is 0 Å². The van der Waals surface area contributed by atoms with Gasteiger partial charge >= 0.3 is 6.18 Å². The molecule has 0 fully saturated rings. The summed E-state index contributed by atoms with van der Waals surface area (Å²) in [6, 6.07) is 2.95. The zero-order valence-electron chi connectivity index (χ0n) is 10.6. The maximum atomic E-state index is 12.7. The zero-order chi connectivity index (χ0) is 15.6. The Morgan fingerprint density at radius 3 is 2.62 bits per heavy atom. The Morgan fingerprint density at radius 2 is 2.10 bits per heavy atom. The Labute approximate surface area is 130 Å². The van der Waals surface area contributed by atoms with Gasteiger partial charge in [-0.15, -0.1) is 0 Å². The van der Waals surface area contributed by atoms with Crippen LogP contribution >= 0.6 is 27.3 Å². The Hall–Kier alpha value is -1.61. The number of hydrogen-bond donors (Lipinski definition) is 2. The summed E-state index contributed by atoms with van der Waals surface area (Å²) in [6.07, 6.45) is -3.02. The second-order valence-corrected chi connectivity index (χ2v) is 6.34. The number of hydrogen-bond acceptors (Lipinski definition) is 4. The molecular formula is C12H9BrF3N3OS. The van der Waals surface area contributed by atoms with Gasteiger partial charge in [0.15, 0.2) is 5.13 Å². The smallest absolute Gasteiger partial charge is 0.387 e. The van der Waals surface area contributed by atoms with Crippen LogP contribution in [-0.4, -0.2) is 17.9 Å². The number of halogens is 4. The van der Waals surface area contributed by atoms with Crippen LogP contribution in [-0.2, 0) is 6.18 Å². The number of carbonyl (C=O) groups excluding carboxylic acids is 1. The van der Waals surface area contributed by atoms with Gasteiger partial charge in [0, 0.05) is 12.7 Å². The third-order valence-corrected chi connectivity index (χ3v) is 3.95. The fraction of sp³-hybridized carbons (Fsp3) is 0.167. The SMILES string of the molecule is CNc1ccc(C(F)(F)F)cc1C(=O)Nc1ncc(Br)s1. The molecule has 0 aliphatic heterocycles. The summed E-state index contributed by atoms with van der Waals surface area (Å²) >= 11 is 4.35. The van der Waals surface area contributed by atoms with E-state index in [-0.39, 0.29) is 5.56 Å². The van der Waals surface area contributed by atoms with Gasteiger partial charge in [-0.25, -0.2) is 4.98 Å². The number of nitrogens with one attached hydrogen (secondary N) is 2. The van der Waals surface area contributed by atoms with E-state index in [9.17, 15) is 18.0 Å². The number of rotatable bonds is 3. The van der Waals surface area contributed by atoms with Crippen LogP contribution in [0.5, 0.6) is 0 Å². The third kappa shape index (κ3) is 3.73. The highest BCUT2D eigenvalue weighted by Gasteiger charge is 2.31. The van der Waals surface area contributed by atoms with E-state index in [0.717, 1.165) is 23.5 Å². The van der Waals surface area contributed by atoms with Crippen LogP contribution < -0.4 is 10.6 Å². The van der Waals surface area contributed by atoms with E-state index >= 15 is 0 Å². The second-order valence-electron chi connectivity index (χ2n) is 3.93. The highest BCUT2D eigenvalue weighted by Crippen LogP contribution is 2.32. The van der Waals surface area contributed by atoms with Crippen LogP contribution in [0.4, 0.5) is 24.0 Å². The lowest BCUT2D eigenvalue weighted by Gasteiger charge is -2.12. The van der Waals surface area contributed by atoms with Crippen molar-refractivity contribution in [2.24, 2.45) is 0 Å². The van der Waals surface area contributed by atoms with Crippen molar-refractivity contribution in [3.63, 3.8) is 0 Å². The number of alkyl halides is 3. The Bertz CT molecular complexity index is 672. The molecule has 0 aliphatic carbocycles. The van der Waals surface area contributed by atoms with E-state index < -0.39 is 17.6 Å². The molecule has 4 nitrogen and oxygen atoms in total. The molecule has 0 radical (unpaired) electrons. The van der Waals surface area contributed by atoms with Crippen LogP contribution in [0.1, 0.15) is 15.9 Å². The lowest BCUT2D eigenvalue weighted by Crippen LogP contribution is -2.16. The van der Waals surface area contributed by atoms with E-state index in [1.54, 1.807) is 0 Å². The number of carbonyl (C=O) groups is 1. The molecule has 0 unspecified atom stereocenters. The monoisotopic (exact) mass is 379 g/mol. The molecule has 2 aromatic rings. The fourth-order valence-electron chi connectivity index (χ4n) is 1.60. The summed E-state index contributed by atoms with van der Waals surface area (Å²) in [5, 5.41) is 5.45. The molecule has 21 heavy (non-hydrogen) atoms. The number of thiazole rings is 1. The Morgan fingerprint density at radius 1 is 1.38 bits per heavy atom. The van der Waals surface area contributed by atoms with Gasteiger partial charge in [0.2, 0.25) is 0 Å². The van der Waals surface area contributed by atoms with Crippen LogP contribution in [0.25, 0.3) is 0 Å². The fourth-order valence-corrected chi connectivity index (χ4v) is 2.70. The zero-order valence-corrected chi connectivity index (χ0v) is 13.0. The minimum Gasteiger partial charge on any atom is -0.387 e. The first-order valence-corrected chi connectivity index (χ1v) is 7.24. The molecule has 1 aromatic heterocycles. The van der Waals surface area contributed by atoms with Gasteiger partial charge in [-0.05, 0) is 34.1 Å². The minimum absolute atomic E-state index is 0.0985. The van der Waals surface area contributed by atoms with Gasteiger partial charge in [-0.3, -0.25) is 10.1 Å². The summed E-state index contributed by atoms with van der Waals surface area (Å²) in [7, 11) is 1.53. The highest BCUT2D eigenvalue weighted by atomic mass is 79.9. The van der Waals surface area contributed by atoms with Crippen molar-refractivity contribution in [2.75, 3.05) is 17.7 Å². The van der Waals surface area contributed by atoms with Crippen molar-refractivity contribution < 1.29 is 18.0 Å². The first-order valence-electron chi connectivity index (χ1n) is 5.63. The first-order chi connectivity index (χ1) is 9.81. The maximum Gasteiger partial charge on any atom is 0.416 e. The van der Waals surface area contributed by atoms with Crippen molar-refractivity contribution in [1.29, 1.82) is 0 Å². The quantitative estimate of drug-likeness (QED) is 0.839. The molecule has 0 atom stereocenters. The molecule has 0 saturated carbocycles. The van der Waals surface area contributed by atoms with Gasteiger partial charge in [-0.1, -0.05) is 11.3 Å². The van der Waals surface area contributed by atoms with E-state index in [1.807, 2.05) is 0 Å². The van der Waals surface area contributed by atoms with Crippen molar-refractivity contribution in [2.45, 2.75) is 6.18 Å². The van der Waals surface area contributed by atoms with Crippen molar-refractivity contribution in [3.05, 3.63) is 39.3 Å². The van der Waals surface area contributed by atoms with Crippen molar-refractivity contribution in [1.82, 2.24) is 4.98 Å². The number of anilines is 2. The third-order valence-electron chi connectivity index (χ3n) is 2.56. The van der Waals surface area contributed by atoms with Gasteiger partial charge in [0.25, 0.3) is 5.91 Å². The molecule has 2 N–H and O–H groups in total. The average Bonchev–Trinajstić information content (AvgIpc) is 2.82. The molecule has 0 spiro atoms. The summed E-state index contributed by atoms with van der Waals surface area (Å²) in [4.78, 5) is 16.0. The van der Waals surface area contributed by atoms with E-state index in [0.29, 0.717) is 14.6 Å².